The molecule has 0 bridgehead atoms. The number of halogens is 1. The number of nitrogens with one attached hydrogen (secondary N) is 2. The van der Waals surface area contributed by atoms with E-state index in [0.29, 0.717) is 19.6 Å². The first-order valence-electron chi connectivity index (χ1n) is 11.7. The fourth-order valence-corrected chi connectivity index (χ4v) is 4.30. The smallest absolute Gasteiger partial charge is 0.191 e. The molecule has 7 nitrogen and oxygen atoms in total. The maximum atomic E-state index is 10.9. The van der Waals surface area contributed by atoms with Gasteiger partial charge in [0.15, 0.2) is 5.96 Å². The van der Waals surface area contributed by atoms with E-state index >= 15 is 0 Å². The molecule has 2 aliphatic rings. The third-order valence-corrected chi connectivity index (χ3v) is 6.26. The zero-order valence-corrected chi connectivity index (χ0v) is 22.5. The van der Waals surface area contributed by atoms with E-state index in [0.717, 1.165) is 58.3 Å². The van der Waals surface area contributed by atoms with Gasteiger partial charge in [-0.2, -0.15) is 0 Å². The number of aliphatic hydroxyl groups is 1. The molecule has 1 saturated heterocycles. The van der Waals surface area contributed by atoms with Crippen molar-refractivity contribution in [3.8, 4) is 0 Å². The van der Waals surface area contributed by atoms with Crippen molar-refractivity contribution in [1.29, 1.82) is 0 Å². The number of guanidine groups is 1. The second kappa shape index (κ2) is 12.5. The van der Waals surface area contributed by atoms with Gasteiger partial charge >= 0.3 is 0 Å². The topological polar surface area (TPSA) is 72.4 Å². The summed E-state index contributed by atoms with van der Waals surface area (Å²) in [4.78, 5) is 9.66. The molecule has 8 heteroatoms. The number of β-amino-alcohol motifs (C(OH)–C–C–N with tert-alkyl or cyclic N) is 1. The molecule has 3 N–H and O–H groups in total. The van der Waals surface area contributed by atoms with Crippen LogP contribution >= 0.6 is 24.0 Å². The molecule has 182 valence electrons. The van der Waals surface area contributed by atoms with Gasteiger partial charge in [-0.05, 0) is 45.2 Å². The van der Waals surface area contributed by atoms with E-state index in [4.69, 9.17) is 9.73 Å². The molecule has 1 fully saturated rings. The van der Waals surface area contributed by atoms with E-state index in [1.165, 1.54) is 11.1 Å². The zero-order chi connectivity index (χ0) is 22.3. The fourth-order valence-electron chi connectivity index (χ4n) is 4.30. The summed E-state index contributed by atoms with van der Waals surface area (Å²) in [5, 5.41) is 17.6. The summed E-state index contributed by atoms with van der Waals surface area (Å²) in [7, 11) is 0. The minimum absolute atomic E-state index is 0. The monoisotopic (exact) mass is 559 g/mol. The molecule has 0 spiro atoms. The van der Waals surface area contributed by atoms with Gasteiger partial charge in [-0.1, -0.05) is 24.3 Å². The number of fused-ring (bicyclic) bond motifs is 1. The maximum Gasteiger partial charge on any atom is 0.191 e. The van der Waals surface area contributed by atoms with Crippen molar-refractivity contribution < 1.29 is 9.84 Å². The molecule has 2 aliphatic heterocycles. The summed E-state index contributed by atoms with van der Waals surface area (Å²) < 4.78 is 5.41. The summed E-state index contributed by atoms with van der Waals surface area (Å²) >= 11 is 0. The summed E-state index contributed by atoms with van der Waals surface area (Å²) in [5.41, 5.74) is 2.01. The normalized spacial score (nSPS) is 20.1. The number of benzene rings is 1. The van der Waals surface area contributed by atoms with Gasteiger partial charge in [0.05, 0.1) is 25.4 Å². The number of nitrogens with zero attached hydrogens (tertiary/aromatic N) is 3. The Bertz CT molecular complexity index is 735. The molecule has 1 unspecified atom stereocenters. The molecule has 0 aromatic heterocycles. The van der Waals surface area contributed by atoms with E-state index in [1.807, 2.05) is 6.92 Å². The Hall–Kier alpha value is -0.940. The Morgan fingerprint density at radius 2 is 1.78 bits per heavy atom. The van der Waals surface area contributed by atoms with Crippen LogP contribution in [0, 0.1) is 0 Å². The fraction of sp³-hybridized carbons (Fsp3) is 0.708. The average Bonchev–Trinajstić information content (AvgIpc) is 2.76. The first kappa shape index (κ1) is 27.3. The molecule has 0 saturated carbocycles. The van der Waals surface area contributed by atoms with Crippen molar-refractivity contribution in [2.24, 2.45) is 4.99 Å². The van der Waals surface area contributed by atoms with Crippen molar-refractivity contribution >= 4 is 29.9 Å². The van der Waals surface area contributed by atoms with Crippen LogP contribution in [0.2, 0.25) is 0 Å². The van der Waals surface area contributed by atoms with Gasteiger partial charge in [-0.15, -0.1) is 24.0 Å². The Balaban J connectivity index is 0.00000363. The van der Waals surface area contributed by atoms with Crippen molar-refractivity contribution in [3.63, 3.8) is 0 Å². The summed E-state index contributed by atoms with van der Waals surface area (Å²) in [5.74, 6) is 0.759. The standard InChI is InChI=1S/C24H41N5O2.HI/c1-5-25-22(27-18-24(4,30)19-28-12-14-31-15-13-28)26-17-23(2,3)29-11-10-20-8-6-7-9-21(20)16-29;/h6-9,30H,5,10-19H2,1-4H3,(H2,25,26,27);1H. The van der Waals surface area contributed by atoms with E-state index in [2.05, 4.69) is 65.5 Å². The van der Waals surface area contributed by atoms with Gasteiger partial charge in [-0.3, -0.25) is 14.8 Å². The van der Waals surface area contributed by atoms with E-state index in [-0.39, 0.29) is 29.5 Å². The van der Waals surface area contributed by atoms with Crippen molar-refractivity contribution in [1.82, 2.24) is 20.4 Å². The third-order valence-electron chi connectivity index (χ3n) is 6.26. The van der Waals surface area contributed by atoms with Crippen LogP contribution in [-0.4, -0.2) is 91.0 Å². The number of morpholine rings is 1. The predicted molar refractivity (Wildman–Crippen MR) is 142 cm³/mol. The van der Waals surface area contributed by atoms with Gasteiger partial charge in [-0.25, -0.2) is 0 Å². The lowest BCUT2D eigenvalue weighted by molar-refractivity contribution is -0.0201. The Morgan fingerprint density at radius 1 is 1.09 bits per heavy atom. The minimum Gasteiger partial charge on any atom is -0.387 e. The molecule has 0 aliphatic carbocycles. The largest absolute Gasteiger partial charge is 0.387 e. The lowest BCUT2D eigenvalue weighted by Crippen LogP contribution is -2.53. The molecule has 32 heavy (non-hydrogen) atoms. The Morgan fingerprint density at radius 3 is 2.47 bits per heavy atom. The summed E-state index contributed by atoms with van der Waals surface area (Å²) in [6.45, 7) is 16.3. The van der Waals surface area contributed by atoms with Crippen LogP contribution < -0.4 is 10.6 Å². The number of hydrogen-bond donors (Lipinski definition) is 3. The zero-order valence-electron chi connectivity index (χ0n) is 20.2. The summed E-state index contributed by atoms with van der Waals surface area (Å²) in [6, 6.07) is 8.74. The lowest BCUT2D eigenvalue weighted by Gasteiger charge is -2.41. The highest BCUT2D eigenvalue weighted by Crippen LogP contribution is 2.25. The van der Waals surface area contributed by atoms with Crippen LogP contribution in [0.5, 0.6) is 0 Å². The van der Waals surface area contributed by atoms with Crippen molar-refractivity contribution in [2.45, 2.75) is 51.8 Å². The second-order valence-electron chi connectivity index (χ2n) is 9.69. The van der Waals surface area contributed by atoms with Crippen LogP contribution in [0.4, 0.5) is 0 Å². The molecule has 0 radical (unpaired) electrons. The lowest BCUT2D eigenvalue weighted by atomic mass is 9.94. The van der Waals surface area contributed by atoms with Crippen LogP contribution in [-0.2, 0) is 17.7 Å². The number of aliphatic imine (C=N–C) groups is 1. The molecule has 1 aromatic carbocycles. The molecule has 2 heterocycles. The minimum atomic E-state index is -0.834. The third kappa shape index (κ3) is 8.13. The van der Waals surface area contributed by atoms with Crippen LogP contribution in [0.25, 0.3) is 0 Å². The molecule has 1 aromatic rings. The maximum absolute atomic E-state index is 10.9. The summed E-state index contributed by atoms with van der Waals surface area (Å²) in [6.07, 6.45) is 1.09. The van der Waals surface area contributed by atoms with Crippen LogP contribution in [0.3, 0.4) is 0 Å². The quantitative estimate of drug-likeness (QED) is 0.258. The molecule has 3 rings (SSSR count). The highest BCUT2D eigenvalue weighted by molar-refractivity contribution is 14.0. The first-order valence-corrected chi connectivity index (χ1v) is 11.7. The molecular formula is C24H42IN5O2. The SMILES string of the molecule is CCNC(=NCC(C)(C)N1CCc2ccccc2C1)NCC(C)(O)CN1CCOCC1.I. The average molecular weight is 560 g/mol. The van der Waals surface area contributed by atoms with Crippen LogP contribution in [0.1, 0.15) is 38.8 Å². The number of hydrogen-bond acceptors (Lipinski definition) is 5. The molecular weight excluding hydrogens is 517 g/mol. The van der Waals surface area contributed by atoms with Crippen LogP contribution in [0.15, 0.2) is 29.3 Å². The highest BCUT2D eigenvalue weighted by Gasteiger charge is 2.30. The van der Waals surface area contributed by atoms with Gasteiger partial charge in [0.1, 0.15) is 0 Å². The van der Waals surface area contributed by atoms with Crippen molar-refractivity contribution in [3.05, 3.63) is 35.4 Å². The van der Waals surface area contributed by atoms with Gasteiger partial charge in [0, 0.05) is 51.4 Å². The second-order valence-corrected chi connectivity index (χ2v) is 9.69. The molecule has 1 atom stereocenters. The van der Waals surface area contributed by atoms with E-state index < -0.39 is 5.60 Å². The highest BCUT2D eigenvalue weighted by atomic mass is 127. The predicted octanol–water partition coefficient (Wildman–Crippen LogP) is 2.08. The van der Waals surface area contributed by atoms with Crippen molar-refractivity contribution in [2.75, 3.05) is 59.0 Å². The Labute approximate surface area is 211 Å². The van der Waals surface area contributed by atoms with Gasteiger partial charge in [0.25, 0.3) is 0 Å². The first-order chi connectivity index (χ1) is 14.8. The number of ether oxygens (including phenoxy) is 1. The van der Waals surface area contributed by atoms with E-state index in [1.54, 1.807) is 0 Å². The Kier molecular flexibility index (Phi) is 10.7. The molecule has 0 amide bonds. The van der Waals surface area contributed by atoms with Gasteiger partial charge < -0.3 is 20.5 Å². The van der Waals surface area contributed by atoms with Gasteiger partial charge in [0.2, 0.25) is 0 Å². The number of rotatable bonds is 8. The van der Waals surface area contributed by atoms with E-state index in [9.17, 15) is 5.11 Å².